The van der Waals surface area contributed by atoms with Crippen LogP contribution >= 0.6 is 0 Å². The van der Waals surface area contributed by atoms with Crippen LogP contribution in [0.3, 0.4) is 0 Å². The molecule has 2 N–H and O–H groups in total. The van der Waals surface area contributed by atoms with E-state index in [1.54, 1.807) is 0 Å². The Balaban J connectivity index is 2.05. The Bertz CT molecular complexity index is 1090. The maximum absolute atomic E-state index is 3.65. The molecule has 0 radical (unpaired) electrons. The van der Waals surface area contributed by atoms with Gasteiger partial charge in [-0.25, -0.2) is 0 Å². The Kier molecular flexibility index (Phi) is 2.57. The van der Waals surface area contributed by atoms with Crippen LogP contribution in [0.25, 0.3) is 43.6 Å². The summed E-state index contributed by atoms with van der Waals surface area (Å²) in [6.07, 6.45) is 2.21. The number of rotatable bonds is 2. The lowest BCUT2D eigenvalue weighted by Gasteiger charge is -2.04. The van der Waals surface area contributed by atoms with E-state index >= 15 is 0 Å². The molecule has 0 unspecified atom stereocenters. The van der Waals surface area contributed by atoms with E-state index in [0.29, 0.717) is 0 Å². The van der Waals surface area contributed by atoms with Crippen molar-refractivity contribution in [2.24, 2.45) is 0 Å². The molecule has 2 heteroatoms. The van der Waals surface area contributed by atoms with Crippen LogP contribution in [-0.2, 0) is 6.42 Å². The molecular formula is C21H18N2. The number of aryl methyl sites for hydroxylation is 1. The minimum atomic E-state index is 1.08. The van der Waals surface area contributed by atoms with Gasteiger partial charge in [0.1, 0.15) is 0 Å². The third-order valence-electron chi connectivity index (χ3n) is 4.88. The molecule has 5 aromatic rings. The summed E-state index contributed by atoms with van der Waals surface area (Å²) in [5.41, 5.74) is 6.42. The van der Waals surface area contributed by atoms with Crippen LogP contribution in [0.2, 0.25) is 0 Å². The van der Waals surface area contributed by atoms with Crippen LogP contribution in [0, 0.1) is 0 Å². The third-order valence-corrected chi connectivity index (χ3v) is 4.88. The van der Waals surface area contributed by atoms with Crippen molar-refractivity contribution in [1.82, 2.24) is 9.97 Å². The zero-order chi connectivity index (χ0) is 15.4. The molecule has 2 heterocycles. The van der Waals surface area contributed by atoms with E-state index < -0.39 is 0 Å². The number of aromatic nitrogens is 2. The van der Waals surface area contributed by atoms with E-state index in [9.17, 15) is 0 Å². The molecule has 0 amide bonds. The highest BCUT2D eigenvalue weighted by molar-refractivity contribution is 6.19. The lowest BCUT2D eigenvalue weighted by Crippen LogP contribution is -1.88. The Morgan fingerprint density at radius 3 is 1.74 bits per heavy atom. The molecule has 0 aliphatic carbocycles. The molecule has 0 aliphatic rings. The quantitative estimate of drug-likeness (QED) is 0.406. The van der Waals surface area contributed by atoms with Crippen molar-refractivity contribution in [3.05, 3.63) is 60.2 Å². The predicted molar refractivity (Wildman–Crippen MR) is 99.2 cm³/mol. The highest BCUT2D eigenvalue weighted by Gasteiger charge is 2.15. The van der Waals surface area contributed by atoms with Crippen molar-refractivity contribution in [2.75, 3.05) is 0 Å². The van der Waals surface area contributed by atoms with Crippen LogP contribution in [0.15, 0.2) is 54.6 Å². The van der Waals surface area contributed by atoms with Gasteiger partial charge in [-0.1, -0.05) is 49.7 Å². The summed E-state index contributed by atoms with van der Waals surface area (Å²) in [5.74, 6) is 0. The second kappa shape index (κ2) is 4.63. The molecule has 2 nitrogen and oxygen atoms in total. The highest BCUT2D eigenvalue weighted by Crippen LogP contribution is 2.36. The van der Waals surface area contributed by atoms with E-state index in [-0.39, 0.29) is 0 Å². The predicted octanol–water partition coefficient (Wildman–Crippen LogP) is 5.91. The molecule has 23 heavy (non-hydrogen) atoms. The van der Waals surface area contributed by atoms with E-state index in [1.165, 1.54) is 49.2 Å². The number of para-hydroxylation sites is 2. The van der Waals surface area contributed by atoms with Crippen molar-refractivity contribution >= 4 is 43.6 Å². The topological polar surface area (TPSA) is 31.6 Å². The first-order valence-corrected chi connectivity index (χ1v) is 8.29. The van der Waals surface area contributed by atoms with Gasteiger partial charge in [0.2, 0.25) is 0 Å². The smallest absolute Gasteiger partial charge is 0.0518 e. The highest BCUT2D eigenvalue weighted by atomic mass is 14.7. The third kappa shape index (κ3) is 1.69. The van der Waals surface area contributed by atoms with Gasteiger partial charge in [-0.15, -0.1) is 0 Å². The summed E-state index contributed by atoms with van der Waals surface area (Å²) < 4.78 is 0. The minimum Gasteiger partial charge on any atom is -0.354 e. The molecule has 0 spiro atoms. The van der Waals surface area contributed by atoms with Crippen LogP contribution in [0.5, 0.6) is 0 Å². The largest absolute Gasteiger partial charge is 0.354 e. The lowest BCUT2D eigenvalue weighted by molar-refractivity contribution is 0.932. The molecule has 112 valence electrons. The zero-order valence-corrected chi connectivity index (χ0v) is 13.1. The van der Waals surface area contributed by atoms with E-state index in [4.69, 9.17) is 0 Å². The Morgan fingerprint density at radius 1 is 0.696 bits per heavy atom. The first-order valence-electron chi connectivity index (χ1n) is 8.29. The van der Waals surface area contributed by atoms with E-state index in [1.807, 2.05) is 0 Å². The second-order valence-corrected chi connectivity index (χ2v) is 6.29. The maximum Gasteiger partial charge on any atom is 0.0518 e. The SMILES string of the molecule is CCCc1c2[nH]c3ccccc3c2cc2c1[nH]c1ccccc12. The van der Waals surface area contributed by atoms with Crippen LogP contribution < -0.4 is 0 Å². The van der Waals surface area contributed by atoms with Crippen LogP contribution in [0.4, 0.5) is 0 Å². The summed E-state index contributed by atoms with van der Waals surface area (Å²) in [4.78, 5) is 7.30. The molecular weight excluding hydrogens is 280 g/mol. The number of fused-ring (bicyclic) bond motifs is 6. The van der Waals surface area contributed by atoms with Gasteiger partial charge in [-0.3, -0.25) is 0 Å². The molecule has 3 aromatic carbocycles. The van der Waals surface area contributed by atoms with Gasteiger partial charge in [0.05, 0.1) is 11.0 Å². The normalized spacial score (nSPS) is 12.0. The monoisotopic (exact) mass is 298 g/mol. The van der Waals surface area contributed by atoms with Gasteiger partial charge < -0.3 is 9.97 Å². The first-order chi connectivity index (χ1) is 11.4. The van der Waals surface area contributed by atoms with Crippen molar-refractivity contribution in [3.63, 3.8) is 0 Å². The zero-order valence-electron chi connectivity index (χ0n) is 13.1. The van der Waals surface area contributed by atoms with Crippen molar-refractivity contribution in [2.45, 2.75) is 19.8 Å². The summed E-state index contributed by atoms with van der Waals surface area (Å²) in [6, 6.07) is 19.5. The number of hydrogen-bond acceptors (Lipinski definition) is 0. The molecule has 5 rings (SSSR count). The Morgan fingerprint density at radius 2 is 1.22 bits per heavy atom. The summed E-state index contributed by atoms with van der Waals surface area (Å²) in [6.45, 7) is 2.25. The van der Waals surface area contributed by atoms with Crippen LogP contribution in [-0.4, -0.2) is 9.97 Å². The number of aromatic amines is 2. The van der Waals surface area contributed by atoms with Crippen LogP contribution in [0.1, 0.15) is 18.9 Å². The maximum atomic E-state index is 3.65. The van der Waals surface area contributed by atoms with E-state index in [0.717, 1.165) is 12.8 Å². The average molecular weight is 298 g/mol. The van der Waals surface area contributed by atoms with Gasteiger partial charge in [-0.2, -0.15) is 0 Å². The Hall–Kier alpha value is -2.74. The number of nitrogens with one attached hydrogen (secondary N) is 2. The lowest BCUT2D eigenvalue weighted by atomic mass is 10.0. The standard InChI is InChI=1S/C21H18N2/c1-2-7-15-20-16(13-8-3-5-10-18(13)22-20)12-17-14-9-4-6-11-19(14)23-21(15)17/h3-6,8-12,22-23H,2,7H2,1H3. The molecule has 0 aliphatic heterocycles. The molecule has 0 atom stereocenters. The first kappa shape index (κ1) is 12.8. The molecule has 0 saturated heterocycles. The van der Waals surface area contributed by atoms with Gasteiger partial charge >= 0.3 is 0 Å². The van der Waals surface area contributed by atoms with E-state index in [2.05, 4.69) is 71.5 Å². The summed E-state index contributed by atoms with van der Waals surface area (Å²) in [7, 11) is 0. The number of benzene rings is 3. The summed E-state index contributed by atoms with van der Waals surface area (Å²) in [5, 5.41) is 5.29. The average Bonchev–Trinajstić information content (AvgIpc) is 3.14. The fourth-order valence-electron chi connectivity index (χ4n) is 3.87. The second-order valence-electron chi connectivity index (χ2n) is 6.29. The molecule has 0 fully saturated rings. The molecule has 2 aromatic heterocycles. The fourth-order valence-corrected chi connectivity index (χ4v) is 3.87. The van der Waals surface area contributed by atoms with Gasteiger partial charge in [-0.05, 0) is 24.6 Å². The Labute approximate surface area is 134 Å². The number of H-pyrrole nitrogens is 2. The van der Waals surface area contributed by atoms with Gasteiger partial charge in [0.25, 0.3) is 0 Å². The number of hydrogen-bond donors (Lipinski definition) is 2. The van der Waals surface area contributed by atoms with Gasteiger partial charge in [0.15, 0.2) is 0 Å². The minimum absolute atomic E-state index is 1.08. The summed E-state index contributed by atoms with van der Waals surface area (Å²) >= 11 is 0. The van der Waals surface area contributed by atoms with Gasteiger partial charge in [0, 0.05) is 38.1 Å². The fraction of sp³-hybridized carbons (Fsp3) is 0.143. The molecule has 0 saturated carbocycles. The van der Waals surface area contributed by atoms with Crippen molar-refractivity contribution in [1.29, 1.82) is 0 Å². The van der Waals surface area contributed by atoms with Crippen molar-refractivity contribution < 1.29 is 0 Å². The van der Waals surface area contributed by atoms with Crippen molar-refractivity contribution in [3.8, 4) is 0 Å². The molecule has 0 bridgehead atoms.